The van der Waals surface area contributed by atoms with Crippen molar-refractivity contribution in [2.75, 3.05) is 0 Å². The number of hydrogen-bond acceptors (Lipinski definition) is 4. The number of rotatable bonds is 4. The maximum atomic E-state index is 14.5. The molecule has 0 amide bonds. The summed E-state index contributed by atoms with van der Waals surface area (Å²) in [5, 5.41) is 0.666. The van der Waals surface area contributed by atoms with Crippen molar-refractivity contribution < 1.29 is 8.78 Å². The molecule has 3 aromatic heterocycles. The molecular formula is C22H14F2N4OS. The first-order valence-corrected chi connectivity index (χ1v) is 10.1. The van der Waals surface area contributed by atoms with Gasteiger partial charge in [0.05, 0.1) is 22.3 Å². The molecule has 3 heterocycles. The molecule has 0 saturated carbocycles. The van der Waals surface area contributed by atoms with E-state index in [4.69, 9.17) is 0 Å². The second-order valence-electron chi connectivity index (χ2n) is 6.63. The quantitative estimate of drug-likeness (QED) is 0.315. The number of para-hydroxylation sites is 1. The van der Waals surface area contributed by atoms with E-state index in [9.17, 15) is 13.6 Å². The van der Waals surface area contributed by atoms with Crippen LogP contribution in [-0.2, 0) is 5.75 Å². The van der Waals surface area contributed by atoms with Gasteiger partial charge in [-0.05, 0) is 36.4 Å². The van der Waals surface area contributed by atoms with Crippen molar-refractivity contribution in [3.8, 4) is 5.69 Å². The molecule has 5 aromatic rings. The van der Waals surface area contributed by atoms with Crippen LogP contribution in [0.4, 0.5) is 8.78 Å². The third kappa shape index (κ3) is 3.25. The lowest BCUT2D eigenvalue weighted by molar-refractivity contribution is 0.572. The first-order valence-electron chi connectivity index (χ1n) is 9.13. The molecule has 0 spiro atoms. The van der Waals surface area contributed by atoms with Gasteiger partial charge in [-0.2, -0.15) is 0 Å². The van der Waals surface area contributed by atoms with Crippen LogP contribution in [0.1, 0.15) is 5.69 Å². The highest BCUT2D eigenvalue weighted by atomic mass is 32.2. The van der Waals surface area contributed by atoms with Crippen LogP contribution < -0.4 is 5.56 Å². The van der Waals surface area contributed by atoms with Gasteiger partial charge in [-0.1, -0.05) is 30.0 Å². The van der Waals surface area contributed by atoms with E-state index in [1.54, 1.807) is 24.3 Å². The van der Waals surface area contributed by atoms with Crippen molar-refractivity contribution in [1.29, 1.82) is 0 Å². The number of pyridine rings is 1. The lowest BCUT2D eigenvalue weighted by Gasteiger charge is -2.13. The van der Waals surface area contributed by atoms with Gasteiger partial charge in [0, 0.05) is 24.2 Å². The molecule has 0 atom stereocenters. The highest BCUT2D eigenvalue weighted by Gasteiger charge is 2.17. The number of halogens is 2. The maximum Gasteiger partial charge on any atom is 0.266 e. The summed E-state index contributed by atoms with van der Waals surface area (Å²) in [5.74, 6) is -1.12. The Balaban J connectivity index is 1.63. The highest BCUT2D eigenvalue weighted by molar-refractivity contribution is 7.98. The van der Waals surface area contributed by atoms with Crippen molar-refractivity contribution in [2.24, 2.45) is 0 Å². The molecular weight excluding hydrogens is 406 g/mol. The van der Waals surface area contributed by atoms with Gasteiger partial charge >= 0.3 is 0 Å². The number of imidazole rings is 1. The molecule has 0 radical (unpaired) electrons. The maximum absolute atomic E-state index is 14.5. The second-order valence-corrected chi connectivity index (χ2v) is 7.58. The largest absolute Gasteiger partial charge is 0.307 e. The number of aromatic nitrogens is 4. The van der Waals surface area contributed by atoms with Gasteiger partial charge in [0.15, 0.2) is 5.16 Å². The van der Waals surface area contributed by atoms with Gasteiger partial charge in [-0.25, -0.2) is 18.7 Å². The van der Waals surface area contributed by atoms with E-state index in [1.165, 1.54) is 22.4 Å². The van der Waals surface area contributed by atoms with Crippen molar-refractivity contribution in [2.45, 2.75) is 10.9 Å². The number of nitrogens with zero attached hydrogens (tertiary/aromatic N) is 4. The zero-order valence-corrected chi connectivity index (χ0v) is 16.3. The molecule has 0 N–H and O–H groups in total. The molecule has 148 valence electrons. The normalized spacial score (nSPS) is 11.4. The minimum absolute atomic E-state index is 0.0443. The average Bonchev–Trinajstić information content (AvgIpc) is 3.16. The van der Waals surface area contributed by atoms with Crippen LogP contribution in [0.2, 0.25) is 0 Å². The second kappa shape index (κ2) is 7.38. The molecule has 5 nitrogen and oxygen atoms in total. The summed E-state index contributed by atoms with van der Waals surface area (Å²) < 4.78 is 31.1. The molecule has 0 aliphatic heterocycles. The van der Waals surface area contributed by atoms with Crippen LogP contribution >= 0.6 is 11.8 Å². The lowest BCUT2D eigenvalue weighted by Crippen LogP contribution is -2.22. The van der Waals surface area contributed by atoms with Gasteiger partial charge in [-0.15, -0.1) is 0 Å². The number of benzene rings is 2. The van der Waals surface area contributed by atoms with E-state index in [-0.39, 0.29) is 5.69 Å². The van der Waals surface area contributed by atoms with Crippen LogP contribution in [0, 0.1) is 11.6 Å². The first kappa shape index (κ1) is 18.5. The number of thioether (sulfide) groups is 1. The topological polar surface area (TPSA) is 52.2 Å². The van der Waals surface area contributed by atoms with Crippen LogP contribution in [0.5, 0.6) is 0 Å². The summed E-state index contributed by atoms with van der Waals surface area (Å²) in [6, 6.07) is 15.7. The summed E-state index contributed by atoms with van der Waals surface area (Å²) in [6.45, 7) is 0. The minimum Gasteiger partial charge on any atom is -0.307 e. The molecule has 0 unspecified atom stereocenters. The monoisotopic (exact) mass is 420 g/mol. The fourth-order valence-corrected chi connectivity index (χ4v) is 4.17. The van der Waals surface area contributed by atoms with Gasteiger partial charge in [0.1, 0.15) is 17.3 Å². The predicted octanol–water partition coefficient (Wildman–Crippen LogP) is 4.60. The Morgan fingerprint density at radius 2 is 1.80 bits per heavy atom. The molecule has 8 heteroatoms. The van der Waals surface area contributed by atoms with Crippen LogP contribution in [-0.4, -0.2) is 18.9 Å². The van der Waals surface area contributed by atoms with Gasteiger partial charge < -0.3 is 4.40 Å². The van der Waals surface area contributed by atoms with E-state index in [1.807, 2.05) is 35.0 Å². The average molecular weight is 420 g/mol. The van der Waals surface area contributed by atoms with E-state index in [2.05, 4.69) is 9.97 Å². The zero-order valence-electron chi connectivity index (χ0n) is 15.5. The number of hydrogen-bond donors (Lipinski definition) is 0. The predicted molar refractivity (Wildman–Crippen MR) is 112 cm³/mol. The Bertz CT molecular complexity index is 1430. The summed E-state index contributed by atoms with van der Waals surface area (Å²) in [5.41, 5.74) is 1.65. The van der Waals surface area contributed by atoms with Crippen LogP contribution in [0.3, 0.4) is 0 Å². The Hall–Kier alpha value is -3.52. The molecule has 5 rings (SSSR count). The van der Waals surface area contributed by atoms with Crippen molar-refractivity contribution in [3.05, 3.63) is 101 Å². The molecule has 0 aliphatic rings. The van der Waals surface area contributed by atoms with Crippen LogP contribution in [0.15, 0.2) is 83.0 Å². The SMILES string of the molecule is O=c1c2ccccc2nc(SCc2cn3ccccc3n2)n1-c1ccc(F)cc1F. The summed E-state index contributed by atoms with van der Waals surface area (Å²) in [6.07, 6.45) is 3.79. The Labute approximate surface area is 173 Å². The van der Waals surface area contributed by atoms with Crippen molar-refractivity contribution >= 4 is 28.3 Å². The molecule has 30 heavy (non-hydrogen) atoms. The lowest BCUT2D eigenvalue weighted by atomic mass is 10.2. The fraction of sp³-hybridized carbons (Fsp3) is 0.0455. The van der Waals surface area contributed by atoms with Gasteiger partial charge in [0.25, 0.3) is 5.56 Å². The molecule has 0 saturated heterocycles. The summed E-state index contributed by atoms with van der Waals surface area (Å²) >= 11 is 1.27. The van der Waals surface area contributed by atoms with Crippen molar-refractivity contribution in [1.82, 2.24) is 18.9 Å². The van der Waals surface area contributed by atoms with E-state index >= 15 is 0 Å². The molecule has 0 aliphatic carbocycles. The van der Waals surface area contributed by atoms with Crippen molar-refractivity contribution in [3.63, 3.8) is 0 Å². The van der Waals surface area contributed by atoms with E-state index in [0.717, 1.165) is 23.5 Å². The summed E-state index contributed by atoms with van der Waals surface area (Å²) in [7, 11) is 0. The van der Waals surface area contributed by atoms with Gasteiger partial charge in [-0.3, -0.25) is 9.36 Å². The first-order chi connectivity index (χ1) is 14.6. The Kier molecular flexibility index (Phi) is 4.55. The zero-order chi connectivity index (χ0) is 20.7. The van der Waals surface area contributed by atoms with Gasteiger partial charge in [0.2, 0.25) is 0 Å². The third-order valence-electron chi connectivity index (χ3n) is 4.66. The van der Waals surface area contributed by atoms with Crippen LogP contribution in [0.25, 0.3) is 22.2 Å². The molecule has 0 bridgehead atoms. The molecule has 2 aromatic carbocycles. The fourth-order valence-electron chi connectivity index (χ4n) is 3.28. The van der Waals surface area contributed by atoms with E-state index in [0.29, 0.717) is 21.8 Å². The standard InChI is InChI=1S/C22H14F2N4OS/c23-14-8-9-19(17(24)11-14)28-21(29)16-5-1-2-6-18(16)26-22(28)30-13-15-12-27-10-4-3-7-20(27)25-15/h1-12H,13H2. The number of fused-ring (bicyclic) bond motifs is 2. The van der Waals surface area contributed by atoms with E-state index < -0.39 is 17.2 Å². The smallest absolute Gasteiger partial charge is 0.266 e. The highest BCUT2D eigenvalue weighted by Crippen LogP contribution is 2.26. The minimum atomic E-state index is -0.830. The molecule has 0 fully saturated rings. The Morgan fingerprint density at radius 3 is 2.63 bits per heavy atom. The third-order valence-corrected chi connectivity index (χ3v) is 5.63. The summed E-state index contributed by atoms with van der Waals surface area (Å²) in [4.78, 5) is 22.3. The Morgan fingerprint density at radius 1 is 0.967 bits per heavy atom.